The third-order valence-corrected chi connectivity index (χ3v) is 4.86. The number of nitrogens with two attached hydrogens (primary N) is 1. The normalized spacial score (nSPS) is 13.9. The van der Waals surface area contributed by atoms with Crippen LogP contribution in [0.3, 0.4) is 0 Å². The molecule has 1 atom stereocenters. The van der Waals surface area contributed by atoms with Crippen LogP contribution in [0.2, 0.25) is 0 Å². The number of aromatic nitrogens is 2. The Labute approximate surface area is 122 Å². The van der Waals surface area contributed by atoms with Gasteiger partial charge in [-0.25, -0.2) is 13.4 Å². The molecule has 2 heterocycles. The molecule has 0 saturated heterocycles. The molecule has 2 aromatic rings. The summed E-state index contributed by atoms with van der Waals surface area (Å²) in [5, 5.41) is 9.57. The summed E-state index contributed by atoms with van der Waals surface area (Å²) in [6.07, 6.45) is 0.653. The summed E-state index contributed by atoms with van der Waals surface area (Å²) < 4.78 is 32.4. The standard InChI is InChI=1S/C12H18N4O4S/c1-15(7-9(17)8-20-2)21(18,19)12-11(13)14-10-5-3-4-6-16(10)12/h3-6,9,17H,7-8,13H2,1-2H3. The number of hydrogen-bond donors (Lipinski definition) is 2. The SMILES string of the molecule is COCC(O)CN(C)S(=O)(=O)c1c(N)nc2ccccn12. The van der Waals surface area contributed by atoms with E-state index < -0.39 is 16.1 Å². The molecule has 9 heteroatoms. The monoisotopic (exact) mass is 314 g/mol. The van der Waals surface area contributed by atoms with E-state index >= 15 is 0 Å². The molecule has 0 amide bonds. The van der Waals surface area contributed by atoms with Gasteiger partial charge in [0.15, 0.2) is 10.8 Å². The highest BCUT2D eigenvalue weighted by Crippen LogP contribution is 2.23. The Morgan fingerprint density at radius 3 is 2.90 bits per heavy atom. The van der Waals surface area contributed by atoms with E-state index in [0.717, 1.165) is 4.31 Å². The number of likely N-dealkylation sites (N-methyl/N-ethyl adjacent to an activating group) is 1. The van der Waals surface area contributed by atoms with Crippen molar-refractivity contribution < 1.29 is 18.3 Å². The highest BCUT2D eigenvalue weighted by Gasteiger charge is 2.29. The molecule has 0 fully saturated rings. The molecule has 3 N–H and O–H groups in total. The Balaban J connectivity index is 2.40. The molecule has 0 bridgehead atoms. The minimum Gasteiger partial charge on any atom is -0.389 e. The lowest BCUT2D eigenvalue weighted by molar-refractivity contribution is 0.0554. The summed E-state index contributed by atoms with van der Waals surface area (Å²) in [7, 11) is -1.07. The van der Waals surface area contributed by atoms with Crippen molar-refractivity contribution in [3.8, 4) is 0 Å². The quantitative estimate of drug-likeness (QED) is 0.747. The molecule has 0 aliphatic rings. The van der Waals surface area contributed by atoms with Gasteiger partial charge in [-0.05, 0) is 12.1 Å². The van der Waals surface area contributed by atoms with Crippen LogP contribution in [0.4, 0.5) is 5.82 Å². The summed E-state index contributed by atoms with van der Waals surface area (Å²) in [6.45, 7) is -0.0574. The summed E-state index contributed by atoms with van der Waals surface area (Å²) in [5.74, 6) is -0.0747. The average Bonchev–Trinajstić information content (AvgIpc) is 2.75. The zero-order chi connectivity index (χ0) is 15.6. The van der Waals surface area contributed by atoms with E-state index in [1.165, 1.54) is 18.6 Å². The molecular weight excluding hydrogens is 296 g/mol. The lowest BCUT2D eigenvalue weighted by Crippen LogP contribution is -2.37. The molecule has 2 rings (SSSR count). The van der Waals surface area contributed by atoms with Crippen LogP contribution < -0.4 is 5.73 Å². The average molecular weight is 314 g/mol. The van der Waals surface area contributed by atoms with Gasteiger partial charge in [0.25, 0.3) is 10.0 Å². The van der Waals surface area contributed by atoms with Crippen molar-refractivity contribution in [3.05, 3.63) is 24.4 Å². The molecule has 21 heavy (non-hydrogen) atoms. The number of nitrogens with zero attached hydrogens (tertiary/aromatic N) is 3. The third-order valence-electron chi connectivity index (χ3n) is 2.99. The number of anilines is 1. The van der Waals surface area contributed by atoms with E-state index in [0.29, 0.717) is 5.65 Å². The Morgan fingerprint density at radius 1 is 1.52 bits per heavy atom. The molecule has 2 aromatic heterocycles. The number of fused-ring (bicyclic) bond motifs is 1. The maximum absolute atomic E-state index is 12.6. The van der Waals surface area contributed by atoms with Crippen LogP contribution in [0.1, 0.15) is 0 Å². The van der Waals surface area contributed by atoms with Crippen LogP contribution in [0, 0.1) is 0 Å². The molecule has 1 unspecified atom stereocenters. The van der Waals surface area contributed by atoms with Gasteiger partial charge < -0.3 is 15.6 Å². The lowest BCUT2D eigenvalue weighted by Gasteiger charge is -2.20. The van der Waals surface area contributed by atoms with Gasteiger partial charge in [-0.3, -0.25) is 4.40 Å². The second-order valence-electron chi connectivity index (χ2n) is 4.63. The molecule has 0 aromatic carbocycles. The smallest absolute Gasteiger partial charge is 0.262 e. The number of imidazole rings is 1. The Bertz CT molecular complexity index is 728. The molecule has 0 aliphatic heterocycles. The molecule has 0 radical (unpaired) electrons. The number of hydrogen-bond acceptors (Lipinski definition) is 6. The number of nitrogen functional groups attached to an aromatic ring is 1. The van der Waals surface area contributed by atoms with Gasteiger partial charge in [-0.15, -0.1) is 0 Å². The van der Waals surface area contributed by atoms with E-state index in [1.54, 1.807) is 24.4 Å². The molecule has 8 nitrogen and oxygen atoms in total. The van der Waals surface area contributed by atoms with Crippen LogP contribution in [-0.4, -0.2) is 60.6 Å². The van der Waals surface area contributed by atoms with Crippen molar-refractivity contribution in [2.45, 2.75) is 11.1 Å². The zero-order valence-corrected chi connectivity index (χ0v) is 12.6. The van der Waals surface area contributed by atoms with Gasteiger partial charge in [0.05, 0.1) is 12.7 Å². The van der Waals surface area contributed by atoms with E-state index in [2.05, 4.69) is 4.98 Å². The third kappa shape index (κ3) is 3.00. The van der Waals surface area contributed by atoms with Crippen molar-refractivity contribution in [2.75, 3.05) is 33.0 Å². The van der Waals surface area contributed by atoms with Gasteiger partial charge in [-0.1, -0.05) is 6.07 Å². The van der Waals surface area contributed by atoms with Gasteiger partial charge in [0.2, 0.25) is 0 Å². The first-order valence-corrected chi connectivity index (χ1v) is 7.68. The van der Waals surface area contributed by atoms with Gasteiger partial charge in [0.1, 0.15) is 5.65 Å². The van der Waals surface area contributed by atoms with E-state index in [9.17, 15) is 13.5 Å². The molecule has 116 valence electrons. The second-order valence-corrected chi connectivity index (χ2v) is 6.59. The van der Waals surface area contributed by atoms with Crippen molar-refractivity contribution in [1.82, 2.24) is 13.7 Å². The number of pyridine rings is 1. The van der Waals surface area contributed by atoms with Crippen molar-refractivity contribution in [1.29, 1.82) is 0 Å². The van der Waals surface area contributed by atoms with Crippen molar-refractivity contribution >= 4 is 21.5 Å². The van der Waals surface area contributed by atoms with Crippen LogP contribution >= 0.6 is 0 Å². The summed E-state index contributed by atoms with van der Waals surface area (Å²) >= 11 is 0. The molecule has 0 saturated carbocycles. The Hall–Kier alpha value is -1.68. The first kappa shape index (κ1) is 15.7. The fourth-order valence-corrected chi connectivity index (χ4v) is 3.41. The highest BCUT2D eigenvalue weighted by molar-refractivity contribution is 7.89. The number of methoxy groups -OCH3 is 1. The topological polar surface area (TPSA) is 110 Å². The first-order chi connectivity index (χ1) is 9.87. The first-order valence-electron chi connectivity index (χ1n) is 6.24. The number of aliphatic hydroxyl groups excluding tert-OH is 1. The van der Waals surface area contributed by atoms with Crippen LogP contribution in [0.15, 0.2) is 29.4 Å². The van der Waals surface area contributed by atoms with Crippen LogP contribution in [0.5, 0.6) is 0 Å². The zero-order valence-electron chi connectivity index (χ0n) is 11.8. The van der Waals surface area contributed by atoms with E-state index in [4.69, 9.17) is 10.5 Å². The number of ether oxygens (including phenoxy) is 1. The van der Waals surface area contributed by atoms with Gasteiger partial charge in [-0.2, -0.15) is 4.31 Å². The molecular formula is C12H18N4O4S. The Kier molecular flexibility index (Phi) is 4.47. The minimum absolute atomic E-state index is 0.0441. The number of sulfonamides is 1. The summed E-state index contributed by atoms with van der Waals surface area (Å²) in [6, 6.07) is 5.09. The predicted octanol–water partition coefficient (Wildman–Crippen LogP) is -0.456. The number of aliphatic hydroxyl groups is 1. The van der Waals surface area contributed by atoms with Crippen LogP contribution in [-0.2, 0) is 14.8 Å². The lowest BCUT2D eigenvalue weighted by atomic mass is 10.4. The molecule has 0 spiro atoms. The van der Waals surface area contributed by atoms with E-state index in [1.807, 2.05) is 0 Å². The fourth-order valence-electron chi connectivity index (χ4n) is 2.04. The fraction of sp³-hybridized carbons (Fsp3) is 0.417. The van der Waals surface area contributed by atoms with Crippen molar-refractivity contribution in [2.24, 2.45) is 0 Å². The largest absolute Gasteiger partial charge is 0.389 e. The maximum atomic E-state index is 12.6. The minimum atomic E-state index is -3.87. The highest BCUT2D eigenvalue weighted by atomic mass is 32.2. The van der Waals surface area contributed by atoms with E-state index in [-0.39, 0.29) is 24.0 Å². The van der Waals surface area contributed by atoms with Gasteiger partial charge in [0, 0.05) is 26.9 Å². The number of rotatable bonds is 6. The second kappa shape index (κ2) is 5.98. The Morgan fingerprint density at radius 2 is 2.24 bits per heavy atom. The molecule has 0 aliphatic carbocycles. The summed E-state index contributed by atoms with van der Waals surface area (Å²) in [4.78, 5) is 4.02. The summed E-state index contributed by atoms with van der Waals surface area (Å²) in [5.41, 5.74) is 6.19. The van der Waals surface area contributed by atoms with Crippen LogP contribution in [0.25, 0.3) is 5.65 Å². The predicted molar refractivity (Wildman–Crippen MR) is 77.3 cm³/mol. The van der Waals surface area contributed by atoms with Gasteiger partial charge >= 0.3 is 0 Å². The van der Waals surface area contributed by atoms with Crippen molar-refractivity contribution in [3.63, 3.8) is 0 Å². The maximum Gasteiger partial charge on any atom is 0.262 e.